The van der Waals surface area contributed by atoms with Crippen molar-refractivity contribution in [3.63, 3.8) is 0 Å². The van der Waals surface area contributed by atoms with Crippen LogP contribution in [0.5, 0.6) is 0 Å². The van der Waals surface area contributed by atoms with E-state index in [1.165, 1.54) is 5.56 Å². The quantitative estimate of drug-likeness (QED) is 0.843. The number of nitrogens with one attached hydrogen (secondary N) is 1. The van der Waals surface area contributed by atoms with Crippen LogP contribution in [0.15, 0.2) is 24.3 Å². The molecule has 3 nitrogen and oxygen atoms in total. The van der Waals surface area contributed by atoms with E-state index in [1.54, 1.807) is 0 Å². The molecule has 2 aromatic rings. The number of nitrogens with zero attached hydrogens (tertiary/aromatic N) is 1. The number of benzene rings is 1. The lowest BCUT2D eigenvalue weighted by molar-refractivity contribution is 0.900. The molecule has 1 aromatic carbocycles. The van der Waals surface area contributed by atoms with Crippen molar-refractivity contribution in [2.24, 2.45) is 5.73 Å². The summed E-state index contributed by atoms with van der Waals surface area (Å²) in [7, 11) is 0. The number of nitrogens with two attached hydrogens (primary N) is 1. The summed E-state index contributed by atoms with van der Waals surface area (Å²) in [5, 5.41) is 4.06. The van der Waals surface area contributed by atoms with Crippen LogP contribution in [0.2, 0.25) is 5.02 Å². The molecule has 0 saturated heterocycles. The van der Waals surface area contributed by atoms with Crippen molar-refractivity contribution in [3.05, 3.63) is 51.7 Å². The van der Waals surface area contributed by atoms with E-state index in [4.69, 9.17) is 34.5 Å². The minimum atomic E-state index is 0.367. The second-order valence-electron chi connectivity index (χ2n) is 5.29. The van der Waals surface area contributed by atoms with Crippen LogP contribution in [-0.4, -0.2) is 9.97 Å². The molecule has 0 radical (unpaired) electrons. The fraction of sp³-hybridized carbons (Fsp3) is 0.250. The molecule has 3 N–H and O–H groups in total. The van der Waals surface area contributed by atoms with Gasteiger partial charge in [0.15, 0.2) is 0 Å². The molecule has 0 atom stereocenters. The Morgan fingerprint density at radius 1 is 1.33 bits per heavy atom. The number of pyridine rings is 1. The number of hydrogen-bond acceptors (Lipinski definition) is 3. The van der Waals surface area contributed by atoms with Gasteiger partial charge in [0.25, 0.3) is 0 Å². The number of aryl methyl sites for hydroxylation is 3. The van der Waals surface area contributed by atoms with Crippen molar-refractivity contribution in [2.75, 3.05) is 5.32 Å². The van der Waals surface area contributed by atoms with Crippen molar-refractivity contribution in [1.82, 2.24) is 4.98 Å². The van der Waals surface area contributed by atoms with E-state index in [0.717, 1.165) is 52.6 Å². The summed E-state index contributed by atoms with van der Waals surface area (Å²) in [6.07, 6.45) is 3.21. The fourth-order valence-corrected chi connectivity index (χ4v) is 3.03. The van der Waals surface area contributed by atoms with Gasteiger partial charge in [0.1, 0.15) is 10.8 Å². The lowest BCUT2D eigenvalue weighted by Crippen LogP contribution is -2.14. The zero-order valence-corrected chi connectivity index (χ0v) is 13.3. The van der Waals surface area contributed by atoms with Crippen LogP contribution in [-0.2, 0) is 12.8 Å². The van der Waals surface area contributed by atoms with Crippen LogP contribution in [0.1, 0.15) is 28.8 Å². The van der Waals surface area contributed by atoms with Gasteiger partial charge in [-0.05, 0) is 61.6 Å². The number of rotatable bonds is 3. The molecule has 108 valence electrons. The third-order valence-electron chi connectivity index (χ3n) is 3.76. The Bertz CT molecular complexity index is 728. The van der Waals surface area contributed by atoms with Gasteiger partial charge in [0.05, 0.1) is 5.56 Å². The molecule has 1 heterocycles. The Labute approximate surface area is 134 Å². The number of anilines is 2. The van der Waals surface area contributed by atoms with E-state index < -0.39 is 0 Å². The number of thiocarbonyl (C=S) groups is 1. The summed E-state index contributed by atoms with van der Waals surface area (Å²) >= 11 is 11.2. The fourth-order valence-electron chi connectivity index (χ4n) is 2.65. The molecule has 3 rings (SSSR count). The van der Waals surface area contributed by atoms with E-state index in [0.29, 0.717) is 4.99 Å². The maximum atomic E-state index is 5.99. The van der Waals surface area contributed by atoms with E-state index in [2.05, 4.69) is 11.4 Å². The van der Waals surface area contributed by atoms with E-state index in [9.17, 15) is 0 Å². The van der Waals surface area contributed by atoms with E-state index in [1.807, 2.05) is 25.1 Å². The Morgan fingerprint density at radius 3 is 2.86 bits per heavy atom. The van der Waals surface area contributed by atoms with Gasteiger partial charge in [-0.1, -0.05) is 23.8 Å². The first-order chi connectivity index (χ1) is 10.0. The molecular formula is C16H16ClN3S. The van der Waals surface area contributed by atoms with Gasteiger partial charge < -0.3 is 11.1 Å². The second kappa shape index (κ2) is 5.62. The third-order valence-corrected chi connectivity index (χ3v) is 4.21. The summed E-state index contributed by atoms with van der Waals surface area (Å²) < 4.78 is 0. The molecule has 0 amide bonds. The maximum Gasteiger partial charge on any atom is 0.140 e. The lowest BCUT2D eigenvalue weighted by Gasteiger charge is -2.14. The van der Waals surface area contributed by atoms with Gasteiger partial charge in [-0.2, -0.15) is 0 Å². The van der Waals surface area contributed by atoms with E-state index in [-0.39, 0.29) is 0 Å². The van der Waals surface area contributed by atoms with Crippen molar-refractivity contribution in [3.8, 4) is 0 Å². The summed E-state index contributed by atoms with van der Waals surface area (Å²) in [6.45, 7) is 2.00. The van der Waals surface area contributed by atoms with Crippen molar-refractivity contribution in [1.29, 1.82) is 0 Å². The largest absolute Gasteiger partial charge is 0.389 e. The average Bonchev–Trinajstić information content (AvgIpc) is 2.88. The molecule has 1 aromatic heterocycles. The molecule has 5 heteroatoms. The first-order valence-corrected chi connectivity index (χ1v) is 7.69. The highest BCUT2D eigenvalue weighted by Gasteiger charge is 2.18. The van der Waals surface area contributed by atoms with Crippen LogP contribution in [0, 0.1) is 6.92 Å². The molecule has 1 aliphatic carbocycles. The van der Waals surface area contributed by atoms with Gasteiger partial charge in [0.2, 0.25) is 0 Å². The standard InChI is InChI=1S/C16H16ClN3S/c1-9-7-11(17)5-6-13(9)19-16-12(15(18)21)8-10-3-2-4-14(10)20-16/h5-8H,2-4H2,1H3,(H2,18,21)(H,19,20). The SMILES string of the molecule is Cc1cc(Cl)ccc1Nc1nc2c(cc1C(N)=S)CCC2. The molecule has 1 aliphatic rings. The van der Waals surface area contributed by atoms with Gasteiger partial charge in [-0.3, -0.25) is 0 Å². The van der Waals surface area contributed by atoms with Crippen molar-refractivity contribution < 1.29 is 0 Å². The Hall–Kier alpha value is -1.65. The van der Waals surface area contributed by atoms with Gasteiger partial charge in [-0.15, -0.1) is 0 Å². The third kappa shape index (κ3) is 2.87. The summed E-state index contributed by atoms with van der Waals surface area (Å²) in [4.78, 5) is 5.09. The normalized spacial score (nSPS) is 13.0. The summed E-state index contributed by atoms with van der Waals surface area (Å²) in [6, 6.07) is 7.78. The minimum Gasteiger partial charge on any atom is -0.389 e. The predicted molar refractivity (Wildman–Crippen MR) is 91.6 cm³/mol. The zero-order valence-electron chi connectivity index (χ0n) is 11.7. The molecule has 0 fully saturated rings. The molecule has 0 bridgehead atoms. The van der Waals surface area contributed by atoms with Crippen LogP contribution in [0.4, 0.5) is 11.5 Å². The Balaban J connectivity index is 2.03. The number of halogens is 1. The molecule has 0 spiro atoms. The monoisotopic (exact) mass is 317 g/mol. The highest BCUT2D eigenvalue weighted by Crippen LogP contribution is 2.29. The highest BCUT2D eigenvalue weighted by molar-refractivity contribution is 7.80. The first kappa shape index (κ1) is 14.3. The average molecular weight is 318 g/mol. The molecule has 0 unspecified atom stereocenters. The first-order valence-electron chi connectivity index (χ1n) is 6.90. The molecule has 0 aliphatic heterocycles. The maximum absolute atomic E-state index is 5.99. The van der Waals surface area contributed by atoms with Crippen LogP contribution in [0.25, 0.3) is 0 Å². The molecular weight excluding hydrogens is 302 g/mol. The van der Waals surface area contributed by atoms with Gasteiger partial charge in [-0.25, -0.2) is 4.98 Å². The Morgan fingerprint density at radius 2 is 2.14 bits per heavy atom. The second-order valence-corrected chi connectivity index (χ2v) is 6.17. The highest BCUT2D eigenvalue weighted by atomic mass is 35.5. The van der Waals surface area contributed by atoms with Crippen LogP contribution < -0.4 is 11.1 Å². The van der Waals surface area contributed by atoms with E-state index >= 15 is 0 Å². The molecule has 21 heavy (non-hydrogen) atoms. The van der Waals surface area contributed by atoms with Gasteiger partial charge in [0, 0.05) is 16.4 Å². The smallest absolute Gasteiger partial charge is 0.140 e. The minimum absolute atomic E-state index is 0.367. The topological polar surface area (TPSA) is 50.9 Å². The number of aromatic nitrogens is 1. The summed E-state index contributed by atoms with van der Waals surface area (Å²) in [5.41, 5.74) is 11.1. The predicted octanol–water partition coefficient (Wildman–Crippen LogP) is 3.91. The zero-order chi connectivity index (χ0) is 15.0. The lowest BCUT2D eigenvalue weighted by atomic mass is 10.1. The van der Waals surface area contributed by atoms with Crippen molar-refractivity contribution in [2.45, 2.75) is 26.2 Å². The van der Waals surface area contributed by atoms with Crippen LogP contribution >= 0.6 is 23.8 Å². The number of fused-ring (bicyclic) bond motifs is 1. The van der Waals surface area contributed by atoms with Crippen LogP contribution in [0.3, 0.4) is 0 Å². The number of hydrogen-bond donors (Lipinski definition) is 2. The van der Waals surface area contributed by atoms with Gasteiger partial charge >= 0.3 is 0 Å². The Kier molecular flexibility index (Phi) is 3.83. The molecule has 0 saturated carbocycles. The van der Waals surface area contributed by atoms with Crippen molar-refractivity contribution >= 4 is 40.3 Å². The summed E-state index contributed by atoms with van der Waals surface area (Å²) in [5.74, 6) is 0.730.